The van der Waals surface area contributed by atoms with Gasteiger partial charge in [0.05, 0.1) is 6.04 Å². The van der Waals surface area contributed by atoms with Crippen LogP contribution in [0.3, 0.4) is 0 Å². The molecule has 0 unspecified atom stereocenters. The van der Waals surface area contributed by atoms with Crippen molar-refractivity contribution in [1.82, 2.24) is 15.5 Å². The highest BCUT2D eigenvalue weighted by Gasteiger charge is 2.21. The first-order valence-corrected chi connectivity index (χ1v) is 6.95. The van der Waals surface area contributed by atoms with E-state index in [9.17, 15) is 0 Å². The molecule has 1 aromatic heterocycles. The summed E-state index contributed by atoms with van der Waals surface area (Å²) in [6, 6.07) is 8.13. The lowest BCUT2D eigenvalue weighted by Crippen LogP contribution is -2.26. The van der Waals surface area contributed by atoms with Crippen LogP contribution in [-0.4, -0.2) is 16.7 Å². The van der Waals surface area contributed by atoms with E-state index < -0.39 is 0 Å². The van der Waals surface area contributed by atoms with Crippen LogP contribution >= 0.6 is 15.9 Å². The molecule has 0 radical (unpaired) electrons. The average molecular weight is 308 g/mol. The Balaban J connectivity index is 1.82. The van der Waals surface area contributed by atoms with E-state index in [1.807, 2.05) is 24.3 Å². The van der Waals surface area contributed by atoms with Gasteiger partial charge in [0.15, 0.2) is 0 Å². The van der Waals surface area contributed by atoms with Crippen LogP contribution in [0.2, 0.25) is 0 Å². The second-order valence-corrected chi connectivity index (χ2v) is 5.38. The van der Waals surface area contributed by atoms with Crippen molar-refractivity contribution in [2.75, 3.05) is 6.54 Å². The van der Waals surface area contributed by atoms with Gasteiger partial charge in [-0.1, -0.05) is 27.5 Å². The van der Waals surface area contributed by atoms with Gasteiger partial charge in [-0.15, -0.1) is 0 Å². The lowest BCUT2D eigenvalue weighted by Gasteiger charge is -2.19. The van der Waals surface area contributed by atoms with E-state index in [1.165, 1.54) is 12.8 Å². The summed E-state index contributed by atoms with van der Waals surface area (Å²) < 4.78 is 6.40. The molecule has 1 N–H and O–H groups in total. The topological polar surface area (TPSA) is 51.0 Å². The highest BCUT2D eigenvalue weighted by atomic mass is 79.9. The number of halogens is 1. The molecule has 1 atom stereocenters. The fourth-order valence-corrected chi connectivity index (χ4v) is 2.42. The Hall–Kier alpha value is -1.20. The van der Waals surface area contributed by atoms with Gasteiger partial charge < -0.3 is 9.84 Å². The van der Waals surface area contributed by atoms with Crippen LogP contribution in [0.5, 0.6) is 0 Å². The van der Waals surface area contributed by atoms with E-state index in [0.717, 1.165) is 23.0 Å². The van der Waals surface area contributed by atoms with Gasteiger partial charge in [0.2, 0.25) is 11.7 Å². The van der Waals surface area contributed by atoms with Crippen molar-refractivity contribution in [3.8, 4) is 11.4 Å². The second kappa shape index (κ2) is 5.20. The third-order valence-corrected chi connectivity index (χ3v) is 3.68. The summed E-state index contributed by atoms with van der Waals surface area (Å²) in [6.07, 6.45) is 3.51. The number of rotatable bonds is 2. The normalized spacial score (nSPS) is 19.9. The van der Waals surface area contributed by atoms with Crippen molar-refractivity contribution < 1.29 is 4.52 Å². The van der Waals surface area contributed by atoms with Gasteiger partial charge in [0, 0.05) is 10.0 Å². The number of nitrogens with zero attached hydrogens (tertiary/aromatic N) is 2. The van der Waals surface area contributed by atoms with Crippen molar-refractivity contribution in [2.45, 2.75) is 25.3 Å². The summed E-state index contributed by atoms with van der Waals surface area (Å²) in [5.41, 5.74) is 0.976. The maximum absolute atomic E-state index is 5.35. The Kier molecular flexibility index (Phi) is 3.43. The van der Waals surface area contributed by atoms with Crippen molar-refractivity contribution in [3.05, 3.63) is 34.6 Å². The number of hydrogen-bond acceptors (Lipinski definition) is 4. The number of nitrogens with one attached hydrogen (secondary N) is 1. The van der Waals surface area contributed by atoms with E-state index in [-0.39, 0.29) is 6.04 Å². The van der Waals surface area contributed by atoms with Gasteiger partial charge in [-0.3, -0.25) is 0 Å². The van der Waals surface area contributed by atoms with Crippen LogP contribution in [0.1, 0.15) is 31.2 Å². The van der Waals surface area contributed by atoms with Crippen molar-refractivity contribution >= 4 is 15.9 Å². The molecule has 18 heavy (non-hydrogen) atoms. The zero-order chi connectivity index (χ0) is 12.4. The summed E-state index contributed by atoms with van der Waals surface area (Å²) in [6.45, 7) is 1.03. The number of hydrogen-bond donors (Lipinski definition) is 1. The van der Waals surface area contributed by atoms with Gasteiger partial charge in [-0.2, -0.15) is 4.98 Å². The number of piperidine rings is 1. The largest absolute Gasteiger partial charge is 0.337 e. The lowest BCUT2D eigenvalue weighted by atomic mass is 10.1. The highest BCUT2D eigenvalue weighted by molar-refractivity contribution is 9.10. The predicted molar refractivity (Wildman–Crippen MR) is 72.0 cm³/mol. The maximum Gasteiger partial charge on any atom is 0.244 e. The molecule has 4 nitrogen and oxygen atoms in total. The van der Waals surface area contributed by atoms with Gasteiger partial charge in [0.1, 0.15) is 0 Å². The molecule has 3 rings (SSSR count). The van der Waals surface area contributed by atoms with Gasteiger partial charge >= 0.3 is 0 Å². The van der Waals surface area contributed by atoms with Crippen LogP contribution in [0, 0.1) is 0 Å². The Morgan fingerprint density at radius 2 is 2.06 bits per heavy atom. The molecule has 1 aliphatic heterocycles. The maximum atomic E-state index is 5.35. The summed E-state index contributed by atoms with van der Waals surface area (Å²) in [4.78, 5) is 4.48. The average Bonchev–Trinajstić information content (AvgIpc) is 2.90. The van der Waals surface area contributed by atoms with Gasteiger partial charge in [-0.25, -0.2) is 0 Å². The zero-order valence-corrected chi connectivity index (χ0v) is 11.5. The van der Waals surface area contributed by atoms with Crippen LogP contribution in [-0.2, 0) is 0 Å². The molecule has 5 heteroatoms. The highest BCUT2D eigenvalue weighted by Crippen LogP contribution is 2.24. The molecule has 94 valence electrons. The first kappa shape index (κ1) is 11.9. The zero-order valence-electron chi connectivity index (χ0n) is 9.90. The Morgan fingerprint density at radius 1 is 1.22 bits per heavy atom. The minimum atomic E-state index is 0.218. The molecule has 1 aliphatic rings. The van der Waals surface area contributed by atoms with E-state index in [4.69, 9.17) is 4.52 Å². The molecule has 0 bridgehead atoms. The third kappa shape index (κ3) is 2.47. The van der Waals surface area contributed by atoms with Gasteiger partial charge in [0.25, 0.3) is 0 Å². The molecule has 1 aromatic carbocycles. The second-order valence-electron chi connectivity index (χ2n) is 4.47. The van der Waals surface area contributed by atoms with E-state index in [1.54, 1.807) is 0 Å². The van der Waals surface area contributed by atoms with Crippen molar-refractivity contribution in [3.63, 3.8) is 0 Å². The minimum absolute atomic E-state index is 0.218. The first-order chi connectivity index (χ1) is 8.83. The molecular formula is C13H14BrN3O. The Morgan fingerprint density at radius 3 is 2.78 bits per heavy atom. The fraction of sp³-hybridized carbons (Fsp3) is 0.385. The van der Waals surface area contributed by atoms with Crippen molar-refractivity contribution in [1.29, 1.82) is 0 Å². The number of benzene rings is 1. The smallest absolute Gasteiger partial charge is 0.244 e. The van der Waals surface area contributed by atoms with Crippen LogP contribution in [0.15, 0.2) is 33.3 Å². The van der Waals surface area contributed by atoms with E-state index >= 15 is 0 Å². The minimum Gasteiger partial charge on any atom is -0.337 e. The van der Waals surface area contributed by atoms with Crippen LogP contribution in [0.25, 0.3) is 11.4 Å². The van der Waals surface area contributed by atoms with Crippen LogP contribution in [0.4, 0.5) is 0 Å². The van der Waals surface area contributed by atoms with Crippen LogP contribution < -0.4 is 5.32 Å². The Bertz CT molecular complexity index is 517. The summed E-state index contributed by atoms with van der Waals surface area (Å²) in [5, 5.41) is 7.46. The standard InChI is InChI=1S/C13H14BrN3O/c14-10-6-4-9(5-7-10)12-16-13(18-17-12)11-3-1-2-8-15-11/h4-7,11,15H,1-3,8H2/t11-/m1/s1. The summed E-state index contributed by atoms with van der Waals surface area (Å²) >= 11 is 3.41. The molecule has 0 amide bonds. The molecule has 0 saturated carbocycles. The van der Waals surface area contributed by atoms with Crippen molar-refractivity contribution in [2.24, 2.45) is 0 Å². The summed E-state index contributed by atoms with van der Waals surface area (Å²) in [7, 11) is 0. The Labute approximate surface area is 114 Å². The first-order valence-electron chi connectivity index (χ1n) is 6.16. The molecule has 2 heterocycles. The molecule has 1 fully saturated rings. The van der Waals surface area contributed by atoms with E-state index in [2.05, 4.69) is 31.4 Å². The molecular weight excluding hydrogens is 294 g/mol. The van der Waals surface area contributed by atoms with Gasteiger partial charge in [-0.05, 0) is 43.7 Å². The third-order valence-electron chi connectivity index (χ3n) is 3.15. The molecule has 0 spiro atoms. The monoisotopic (exact) mass is 307 g/mol. The molecule has 2 aromatic rings. The predicted octanol–water partition coefficient (Wildman–Crippen LogP) is 3.31. The fourth-order valence-electron chi connectivity index (χ4n) is 2.16. The number of aromatic nitrogens is 2. The quantitative estimate of drug-likeness (QED) is 0.924. The summed E-state index contributed by atoms with van der Waals surface area (Å²) in [5.74, 6) is 1.36. The molecule has 1 saturated heterocycles. The molecule has 0 aliphatic carbocycles. The lowest BCUT2D eigenvalue weighted by molar-refractivity contribution is 0.297. The van der Waals surface area contributed by atoms with E-state index in [0.29, 0.717) is 11.7 Å². The SMILES string of the molecule is Brc1ccc(-c2noc([C@H]3CCCCN3)n2)cc1.